The van der Waals surface area contributed by atoms with Gasteiger partial charge in [-0.1, -0.05) is 40.2 Å². The largest absolute Gasteiger partial charge is 0.425 e. The number of aliphatic hydroxyl groups is 1. The Kier molecular flexibility index (Phi) is 6.26. The SMILES string of the molecule is Cc1nnc(Cc2ccc(C(=O)NC(C)(CO)Cc3ccc(Br)cc3)cc2)o1. The molecule has 0 spiro atoms. The summed E-state index contributed by atoms with van der Waals surface area (Å²) in [6.45, 7) is 3.42. The number of amides is 1. The second kappa shape index (κ2) is 8.67. The van der Waals surface area contributed by atoms with E-state index in [1.165, 1.54) is 0 Å². The molecule has 6 nitrogen and oxygen atoms in total. The maximum atomic E-state index is 12.7. The summed E-state index contributed by atoms with van der Waals surface area (Å²) >= 11 is 3.41. The van der Waals surface area contributed by atoms with Gasteiger partial charge in [0.2, 0.25) is 11.8 Å². The molecule has 2 aromatic carbocycles. The zero-order valence-electron chi connectivity index (χ0n) is 15.8. The molecule has 146 valence electrons. The standard InChI is InChI=1S/C21H22BrN3O3/c1-14-24-25-19(28-14)11-15-3-7-17(8-4-15)20(27)23-21(2,13-26)12-16-5-9-18(22)10-6-16/h3-10,26H,11-13H2,1-2H3,(H,23,27). The minimum atomic E-state index is -0.759. The lowest BCUT2D eigenvalue weighted by Crippen LogP contribution is -2.50. The Bertz CT molecular complexity index is 938. The summed E-state index contributed by atoms with van der Waals surface area (Å²) in [5.41, 5.74) is 1.77. The van der Waals surface area contributed by atoms with E-state index >= 15 is 0 Å². The summed E-state index contributed by atoms with van der Waals surface area (Å²) in [5, 5.41) is 20.6. The first-order chi connectivity index (χ1) is 13.4. The fourth-order valence-corrected chi connectivity index (χ4v) is 3.16. The second-order valence-corrected chi connectivity index (χ2v) is 7.98. The van der Waals surface area contributed by atoms with Gasteiger partial charge in [-0.25, -0.2) is 0 Å². The minimum Gasteiger partial charge on any atom is -0.425 e. The number of aryl methyl sites for hydroxylation is 1. The van der Waals surface area contributed by atoms with Gasteiger partial charge >= 0.3 is 0 Å². The second-order valence-electron chi connectivity index (χ2n) is 7.06. The number of nitrogens with zero attached hydrogens (tertiary/aromatic N) is 2. The first-order valence-corrected chi connectivity index (χ1v) is 9.72. The third-order valence-corrected chi connectivity index (χ3v) is 4.94. The Morgan fingerprint density at radius 2 is 1.75 bits per heavy atom. The molecule has 0 aliphatic carbocycles. The van der Waals surface area contributed by atoms with Gasteiger partial charge in [-0.2, -0.15) is 0 Å². The zero-order chi connectivity index (χ0) is 20.1. The molecule has 2 N–H and O–H groups in total. The summed E-state index contributed by atoms with van der Waals surface area (Å²) in [7, 11) is 0. The van der Waals surface area contributed by atoms with Gasteiger partial charge in [-0.05, 0) is 48.7 Å². The number of rotatable bonds is 7. The molecule has 1 heterocycles. The van der Waals surface area contributed by atoms with Crippen molar-refractivity contribution in [3.63, 3.8) is 0 Å². The number of aromatic nitrogens is 2. The molecule has 1 amide bonds. The van der Waals surface area contributed by atoms with Crippen LogP contribution in [0, 0.1) is 6.92 Å². The molecule has 0 saturated heterocycles. The normalized spacial score (nSPS) is 13.1. The Balaban J connectivity index is 1.65. The van der Waals surface area contributed by atoms with E-state index in [0.717, 1.165) is 15.6 Å². The maximum Gasteiger partial charge on any atom is 0.251 e. The van der Waals surface area contributed by atoms with E-state index in [9.17, 15) is 9.90 Å². The van der Waals surface area contributed by atoms with Crippen LogP contribution in [0.5, 0.6) is 0 Å². The minimum absolute atomic E-state index is 0.163. The highest BCUT2D eigenvalue weighted by Gasteiger charge is 2.26. The van der Waals surface area contributed by atoms with E-state index in [2.05, 4.69) is 31.4 Å². The Hall–Kier alpha value is -2.51. The van der Waals surface area contributed by atoms with Crippen LogP contribution >= 0.6 is 15.9 Å². The van der Waals surface area contributed by atoms with E-state index < -0.39 is 5.54 Å². The number of nitrogens with one attached hydrogen (secondary N) is 1. The van der Waals surface area contributed by atoms with Crippen LogP contribution in [0.15, 0.2) is 57.4 Å². The molecule has 7 heteroatoms. The molecule has 0 radical (unpaired) electrons. The van der Waals surface area contributed by atoms with Gasteiger partial charge in [-0.15, -0.1) is 10.2 Å². The number of hydrogen-bond donors (Lipinski definition) is 2. The summed E-state index contributed by atoms with van der Waals surface area (Å²) in [5.74, 6) is 0.839. The molecule has 1 aromatic heterocycles. The fraction of sp³-hybridized carbons (Fsp3) is 0.286. The lowest BCUT2D eigenvalue weighted by atomic mass is 9.93. The average Bonchev–Trinajstić information content (AvgIpc) is 3.09. The van der Waals surface area contributed by atoms with Crippen molar-refractivity contribution in [2.24, 2.45) is 0 Å². The highest BCUT2D eigenvalue weighted by molar-refractivity contribution is 9.10. The molecular weight excluding hydrogens is 422 g/mol. The molecular formula is C21H22BrN3O3. The quantitative estimate of drug-likeness (QED) is 0.583. The van der Waals surface area contributed by atoms with Gasteiger partial charge in [0.05, 0.1) is 18.6 Å². The van der Waals surface area contributed by atoms with E-state index in [4.69, 9.17) is 4.42 Å². The summed E-state index contributed by atoms with van der Waals surface area (Å²) in [4.78, 5) is 12.7. The number of carbonyl (C=O) groups is 1. The maximum absolute atomic E-state index is 12.7. The van der Waals surface area contributed by atoms with Crippen molar-refractivity contribution in [1.29, 1.82) is 0 Å². The summed E-state index contributed by atoms with van der Waals surface area (Å²) in [6, 6.07) is 15.1. The van der Waals surface area contributed by atoms with Crippen LogP contribution in [-0.2, 0) is 12.8 Å². The molecule has 3 rings (SSSR count). The molecule has 0 saturated carbocycles. The molecule has 0 fully saturated rings. The summed E-state index contributed by atoms with van der Waals surface area (Å²) < 4.78 is 6.36. The lowest BCUT2D eigenvalue weighted by molar-refractivity contribution is 0.0852. The van der Waals surface area contributed by atoms with Crippen molar-refractivity contribution in [2.45, 2.75) is 32.2 Å². The van der Waals surface area contributed by atoms with Crippen molar-refractivity contribution in [2.75, 3.05) is 6.61 Å². The highest BCUT2D eigenvalue weighted by atomic mass is 79.9. The van der Waals surface area contributed by atoms with Gasteiger partial charge in [0, 0.05) is 17.0 Å². The molecule has 3 aromatic rings. The van der Waals surface area contributed by atoms with Crippen LogP contribution in [0.1, 0.15) is 40.2 Å². The Morgan fingerprint density at radius 3 is 2.32 bits per heavy atom. The van der Waals surface area contributed by atoms with E-state index in [1.54, 1.807) is 19.1 Å². The molecule has 1 unspecified atom stereocenters. The lowest BCUT2D eigenvalue weighted by Gasteiger charge is -2.29. The Morgan fingerprint density at radius 1 is 1.11 bits per heavy atom. The molecule has 0 aliphatic rings. The number of carbonyl (C=O) groups excluding carboxylic acids is 1. The van der Waals surface area contributed by atoms with Crippen molar-refractivity contribution in [1.82, 2.24) is 15.5 Å². The number of benzene rings is 2. The van der Waals surface area contributed by atoms with E-state index in [1.807, 2.05) is 43.3 Å². The summed E-state index contributed by atoms with van der Waals surface area (Å²) in [6.07, 6.45) is 1.04. The van der Waals surface area contributed by atoms with Gasteiger partial charge in [-0.3, -0.25) is 4.79 Å². The van der Waals surface area contributed by atoms with Crippen LogP contribution in [-0.4, -0.2) is 33.4 Å². The Labute approximate surface area is 172 Å². The van der Waals surface area contributed by atoms with Crippen LogP contribution < -0.4 is 5.32 Å². The van der Waals surface area contributed by atoms with Crippen molar-refractivity contribution in [3.8, 4) is 0 Å². The molecule has 28 heavy (non-hydrogen) atoms. The number of halogens is 1. The molecule has 0 bridgehead atoms. The topological polar surface area (TPSA) is 88.2 Å². The zero-order valence-corrected chi connectivity index (χ0v) is 17.4. The molecule has 1 atom stereocenters. The van der Waals surface area contributed by atoms with E-state index in [-0.39, 0.29) is 12.5 Å². The van der Waals surface area contributed by atoms with Crippen molar-refractivity contribution < 1.29 is 14.3 Å². The van der Waals surface area contributed by atoms with E-state index in [0.29, 0.717) is 30.2 Å². The predicted octanol–water partition coefficient (Wildman–Crippen LogP) is 3.45. The third kappa shape index (κ3) is 5.27. The monoisotopic (exact) mass is 443 g/mol. The smallest absolute Gasteiger partial charge is 0.251 e. The van der Waals surface area contributed by atoms with Gasteiger partial charge in [0.1, 0.15) is 0 Å². The van der Waals surface area contributed by atoms with Crippen molar-refractivity contribution >= 4 is 21.8 Å². The van der Waals surface area contributed by atoms with Crippen molar-refractivity contribution in [3.05, 3.63) is 81.5 Å². The first-order valence-electron chi connectivity index (χ1n) is 8.93. The average molecular weight is 444 g/mol. The van der Waals surface area contributed by atoms with Crippen LogP contribution in [0.3, 0.4) is 0 Å². The first kappa shape index (κ1) is 20.2. The fourth-order valence-electron chi connectivity index (χ4n) is 2.90. The van der Waals surface area contributed by atoms with Gasteiger partial charge in [0.25, 0.3) is 5.91 Å². The van der Waals surface area contributed by atoms with Crippen LogP contribution in [0.2, 0.25) is 0 Å². The third-order valence-electron chi connectivity index (χ3n) is 4.41. The predicted molar refractivity (Wildman–Crippen MR) is 109 cm³/mol. The number of aliphatic hydroxyl groups excluding tert-OH is 1. The van der Waals surface area contributed by atoms with Gasteiger partial charge in [0.15, 0.2) is 0 Å². The molecule has 0 aliphatic heterocycles. The van der Waals surface area contributed by atoms with Crippen LogP contribution in [0.4, 0.5) is 0 Å². The van der Waals surface area contributed by atoms with Crippen LogP contribution in [0.25, 0.3) is 0 Å². The number of hydrogen-bond acceptors (Lipinski definition) is 5. The highest BCUT2D eigenvalue weighted by Crippen LogP contribution is 2.17. The van der Waals surface area contributed by atoms with Gasteiger partial charge < -0.3 is 14.8 Å².